The van der Waals surface area contributed by atoms with Gasteiger partial charge < -0.3 is 20.5 Å². The van der Waals surface area contributed by atoms with Crippen LogP contribution in [0.2, 0.25) is 0 Å². The zero-order chi connectivity index (χ0) is 23.0. The standard InChI is InChI=1S/C23H31N3O5/c1-5-26(19(28)15-24-22(30)31-23(2,3)4)20(16-11-13-18(27)14-12-16)21(29)25-17-9-7-6-8-10-17/h1,11-14,17,20,27H,6-10,15H2,2-4H3,(H,24,30)(H,25,29). The summed E-state index contributed by atoms with van der Waals surface area (Å²) >= 11 is 0. The van der Waals surface area contributed by atoms with Gasteiger partial charge in [0.05, 0.1) is 0 Å². The molecule has 0 spiro atoms. The van der Waals surface area contributed by atoms with Crippen molar-refractivity contribution in [3.8, 4) is 18.2 Å². The molecule has 1 aliphatic rings. The summed E-state index contributed by atoms with van der Waals surface area (Å²) in [6, 6.07) is 7.13. The normalized spacial score (nSPS) is 15.3. The number of terminal acetylenes is 1. The van der Waals surface area contributed by atoms with Crippen molar-refractivity contribution in [1.29, 1.82) is 0 Å². The van der Waals surface area contributed by atoms with Gasteiger partial charge in [-0.05, 0) is 51.3 Å². The third-order valence-electron chi connectivity index (χ3n) is 4.86. The van der Waals surface area contributed by atoms with Gasteiger partial charge in [-0.15, -0.1) is 0 Å². The van der Waals surface area contributed by atoms with Gasteiger partial charge in [0.2, 0.25) is 5.91 Å². The van der Waals surface area contributed by atoms with Crippen LogP contribution in [-0.4, -0.2) is 46.1 Å². The van der Waals surface area contributed by atoms with Crippen molar-refractivity contribution in [3.05, 3.63) is 29.8 Å². The van der Waals surface area contributed by atoms with E-state index < -0.39 is 36.1 Å². The molecule has 1 aromatic carbocycles. The first kappa shape index (κ1) is 24.1. The maximum atomic E-state index is 13.2. The molecule has 0 heterocycles. The Balaban J connectivity index is 2.18. The van der Waals surface area contributed by atoms with E-state index in [1.165, 1.54) is 12.1 Å². The molecule has 1 aliphatic carbocycles. The number of ether oxygens (including phenoxy) is 1. The molecule has 8 heteroatoms. The molecule has 3 N–H and O–H groups in total. The molecule has 0 bridgehead atoms. The van der Waals surface area contributed by atoms with E-state index in [-0.39, 0.29) is 11.8 Å². The van der Waals surface area contributed by atoms with E-state index in [1.807, 2.05) is 0 Å². The molecular weight excluding hydrogens is 398 g/mol. The number of carbonyl (C=O) groups excluding carboxylic acids is 3. The Hall–Kier alpha value is -3.21. The fourth-order valence-electron chi connectivity index (χ4n) is 3.44. The van der Waals surface area contributed by atoms with Crippen LogP contribution in [0.25, 0.3) is 0 Å². The molecule has 1 fully saturated rings. The van der Waals surface area contributed by atoms with E-state index >= 15 is 0 Å². The first-order chi connectivity index (χ1) is 14.6. The SMILES string of the molecule is C#CN(C(=O)CNC(=O)OC(C)(C)C)C(C(=O)NC1CCCCC1)c1ccc(O)cc1. The third kappa shape index (κ3) is 7.52. The Bertz CT molecular complexity index is 817. The van der Waals surface area contributed by atoms with Gasteiger partial charge in [0.25, 0.3) is 5.91 Å². The third-order valence-corrected chi connectivity index (χ3v) is 4.86. The second-order valence-corrected chi connectivity index (χ2v) is 8.59. The lowest BCUT2D eigenvalue weighted by Crippen LogP contribution is -2.48. The van der Waals surface area contributed by atoms with Crippen molar-refractivity contribution in [2.75, 3.05) is 6.54 Å². The van der Waals surface area contributed by atoms with E-state index in [2.05, 4.69) is 16.7 Å². The Labute approximate surface area is 183 Å². The predicted octanol–water partition coefficient (Wildman–Crippen LogP) is 2.83. The molecule has 1 atom stereocenters. The fraction of sp³-hybridized carbons (Fsp3) is 0.522. The number of alkyl carbamates (subject to hydrolysis) is 1. The van der Waals surface area contributed by atoms with Gasteiger partial charge in [-0.3, -0.25) is 14.5 Å². The van der Waals surface area contributed by atoms with Crippen molar-refractivity contribution in [1.82, 2.24) is 15.5 Å². The highest BCUT2D eigenvalue weighted by molar-refractivity contribution is 5.91. The minimum absolute atomic E-state index is 0.0236. The lowest BCUT2D eigenvalue weighted by molar-refractivity contribution is -0.137. The Morgan fingerprint density at radius 3 is 2.35 bits per heavy atom. The van der Waals surface area contributed by atoms with E-state index in [0.29, 0.717) is 5.56 Å². The number of hydrogen-bond acceptors (Lipinski definition) is 5. The summed E-state index contributed by atoms with van der Waals surface area (Å²) in [6.07, 6.45) is 9.80. The van der Waals surface area contributed by atoms with Crippen LogP contribution in [0.1, 0.15) is 64.5 Å². The number of amides is 3. The summed E-state index contributed by atoms with van der Waals surface area (Å²) < 4.78 is 5.13. The zero-order valence-corrected chi connectivity index (χ0v) is 18.3. The van der Waals surface area contributed by atoms with Crippen LogP contribution >= 0.6 is 0 Å². The highest BCUT2D eigenvalue weighted by Crippen LogP contribution is 2.25. The highest BCUT2D eigenvalue weighted by atomic mass is 16.6. The van der Waals surface area contributed by atoms with Crippen LogP contribution < -0.4 is 10.6 Å². The number of phenolic OH excluding ortho intramolecular Hbond substituents is 1. The van der Waals surface area contributed by atoms with Gasteiger partial charge in [0.1, 0.15) is 23.9 Å². The molecule has 0 aliphatic heterocycles. The smallest absolute Gasteiger partial charge is 0.408 e. The van der Waals surface area contributed by atoms with E-state index in [1.54, 1.807) is 32.9 Å². The average molecular weight is 430 g/mol. The second kappa shape index (κ2) is 10.7. The maximum Gasteiger partial charge on any atom is 0.408 e. The first-order valence-corrected chi connectivity index (χ1v) is 10.4. The van der Waals surface area contributed by atoms with Gasteiger partial charge in [-0.25, -0.2) is 4.79 Å². The van der Waals surface area contributed by atoms with E-state index in [4.69, 9.17) is 11.2 Å². The number of hydrogen-bond donors (Lipinski definition) is 3. The van der Waals surface area contributed by atoms with Crippen molar-refractivity contribution < 1.29 is 24.2 Å². The van der Waals surface area contributed by atoms with Gasteiger partial charge in [-0.2, -0.15) is 0 Å². The van der Waals surface area contributed by atoms with Crippen molar-refractivity contribution in [2.24, 2.45) is 0 Å². The lowest BCUT2D eigenvalue weighted by atomic mass is 9.94. The fourth-order valence-corrected chi connectivity index (χ4v) is 3.44. The number of aromatic hydroxyl groups is 1. The van der Waals surface area contributed by atoms with Crippen LogP contribution in [0.15, 0.2) is 24.3 Å². The number of benzene rings is 1. The van der Waals surface area contributed by atoms with Gasteiger partial charge >= 0.3 is 6.09 Å². The predicted molar refractivity (Wildman–Crippen MR) is 116 cm³/mol. The molecule has 0 aromatic heterocycles. The molecule has 0 saturated heterocycles. The molecular formula is C23H31N3O5. The molecule has 1 saturated carbocycles. The van der Waals surface area contributed by atoms with E-state index in [0.717, 1.165) is 37.0 Å². The summed E-state index contributed by atoms with van der Waals surface area (Å²) in [4.78, 5) is 38.8. The molecule has 1 unspecified atom stereocenters. The van der Waals surface area contributed by atoms with Crippen molar-refractivity contribution >= 4 is 17.9 Å². The molecule has 1 aromatic rings. The van der Waals surface area contributed by atoms with Crippen molar-refractivity contribution in [3.63, 3.8) is 0 Å². The molecule has 8 nitrogen and oxygen atoms in total. The van der Waals surface area contributed by atoms with Crippen LogP contribution in [0.4, 0.5) is 4.79 Å². The zero-order valence-electron chi connectivity index (χ0n) is 18.3. The molecule has 0 radical (unpaired) electrons. The Morgan fingerprint density at radius 1 is 1.19 bits per heavy atom. The molecule has 31 heavy (non-hydrogen) atoms. The van der Waals surface area contributed by atoms with Gasteiger partial charge in [-0.1, -0.05) is 37.8 Å². The molecule has 168 valence electrons. The molecule has 2 rings (SSSR count). The number of carbonyl (C=O) groups is 3. The lowest BCUT2D eigenvalue weighted by Gasteiger charge is -2.30. The number of rotatable bonds is 6. The Morgan fingerprint density at radius 2 is 1.81 bits per heavy atom. The Kier molecular flexibility index (Phi) is 8.31. The second-order valence-electron chi connectivity index (χ2n) is 8.59. The highest BCUT2D eigenvalue weighted by Gasteiger charge is 2.32. The topological polar surface area (TPSA) is 108 Å². The maximum absolute atomic E-state index is 13.2. The summed E-state index contributed by atoms with van der Waals surface area (Å²) in [5.74, 6) is -1.01. The quantitative estimate of drug-likeness (QED) is 0.476. The van der Waals surface area contributed by atoms with Gasteiger partial charge in [0, 0.05) is 12.1 Å². The van der Waals surface area contributed by atoms with E-state index in [9.17, 15) is 19.5 Å². The van der Waals surface area contributed by atoms with Crippen molar-refractivity contribution in [2.45, 2.75) is 70.6 Å². The number of phenols is 1. The minimum Gasteiger partial charge on any atom is -0.508 e. The van der Waals surface area contributed by atoms with Crippen LogP contribution in [0.5, 0.6) is 5.75 Å². The molecule has 3 amide bonds. The van der Waals surface area contributed by atoms with Crippen LogP contribution in [0.3, 0.4) is 0 Å². The number of nitrogens with zero attached hydrogens (tertiary/aromatic N) is 1. The van der Waals surface area contributed by atoms with Crippen LogP contribution in [0, 0.1) is 12.5 Å². The first-order valence-electron chi connectivity index (χ1n) is 10.4. The van der Waals surface area contributed by atoms with Crippen LogP contribution in [-0.2, 0) is 14.3 Å². The summed E-state index contributed by atoms with van der Waals surface area (Å²) in [5, 5.41) is 15.0. The summed E-state index contributed by atoms with van der Waals surface area (Å²) in [6.45, 7) is 4.69. The monoisotopic (exact) mass is 429 g/mol. The summed E-state index contributed by atoms with van der Waals surface area (Å²) in [7, 11) is 0. The average Bonchev–Trinajstić information content (AvgIpc) is 2.70. The largest absolute Gasteiger partial charge is 0.508 e. The minimum atomic E-state index is -1.10. The summed E-state index contributed by atoms with van der Waals surface area (Å²) in [5.41, 5.74) is -0.261. The number of nitrogens with one attached hydrogen (secondary N) is 2. The van der Waals surface area contributed by atoms with Gasteiger partial charge in [0.15, 0.2) is 0 Å².